The largest absolute Gasteiger partial charge is 0.293 e. The molecule has 0 fully saturated rings. The van der Waals surface area contributed by atoms with Crippen LogP contribution in [0.5, 0.6) is 0 Å². The molecule has 1 rings (SSSR count). The van der Waals surface area contributed by atoms with E-state index in [9.17, 15) is 4.39 Å². The summed E-state index contributed by atoms with van der Waals surface area (Å²) in [5, 5.41) is 0. The first-order valence-electron chi connectivity index (χ1n) is 3.29. The van der Waals surface area contributed by atoms with E-state index in [0.717, 1.165) is 0 Å². The Morgan fingerprint density at radius 2 is 2.36 bits per heavy atom. The van der Waals surface area contributed by atoms with Crippen molar-refractivity contribution in [1.82, 2.24) is 4.98 Å². The molecule has 0 saturated carbocycles. The van der Waals surface area contributed by atoms with Crippen molar-refractivity contribution in [3.8, 4) is 0 Å². The topological polar surface area (TPSA) is 25.2 Å². The molecule has 0 unspecified atom stereocenters. The van der Waals surface area contributed by atoms with Gasteiger partial charge >= 0.3 is 0 Å². The summed E-state index contributed by atoms with van der Waals surface area (Å²) in [6, 6.07) is 1.61. The van der Waals surface area contributed by atoms with Gasteiger partial charge in [-0.05, 0) is 13.0 Å². The molecule has 2 nitrogen and oxygen atoms in total. The number of rotatable bonds is 1. The minimum absolute atomic E-state index is 0.324. The van der Waals surface area contributed by atoms with Crippen molar-refractivity contribution < 1.29 is 4.39 Å². The molecular formula is C8H9FN2. The standard InChI is InChI=1S/C8H9FN2/c1-6(10-2)7-3-4-11-5-8(7)9/h3-5H,1-2H3. The van der Waals surface area contributed by atoms with Gasteiger partial charge in [-0.1, -0.05) is 0 Å². The Bertz CT molecular complexity index is 281. The average molecular weight is 152 g/mol. The summed E-state index contributed by atoms with van der Waals surface area (Å²) in [5.74, 6) is -0.324. The van der Waals surface area contributed by atoms with Gasteiger partial charge in [-0.25, -0.2) is 4.39 Å². The third kappa shape index (κ3) is 1.61. The maximum Gasteiger partial charge on any atom is 0.150 e. The highest BCUT2D eigenvalue weighted by atomic mass is 19.1. The number of pyridine rings is 1. The Balaban J connectivity index is 3.14. The van der Waals surface area contributed by atoms with Gasteiger partial charge in [-0.15, -0.1) is 0 Å². The Morgan fingerprint density at radius 3 is 2.91 bits per heavy atom. The van der Waals surface area contributed by atoms with Crippen molar-refractivity contribution in [2.45, 2.75) is 6.92 Å². The summed E-state index contributed by atoms with van der Waals surface area (Å²) in [4.78, 5) is 7.50. The van der Waals surface area contributed by atoms with E-state index in [1.807, 2.05) is 0 Å². The van der Waals surface area contributed by atoms with Gasteiger partial charge in [-0.3, -0.25) is 9.98 Å². The lowest BCUT2D eigenvalue weighted by molar-refractivity contribution is 0.618. The Kier molecular flexibility index (Phi) is 2.31. The van der Waals surface area contributed by atoms with Crippen molar-refractivity contribution in [3.05, 3.63) is 29.8 Å². The smallest absolute Gasteiger partial charge is 0.150 e. The first kappa shape index (κ1) is 7.85. The highest BCUT2D eigenvalue weighted by molar-refractivity contribution is 5.98. The van der Waals surface area contributed by atoms with Gasteiger partial charge in [0.2, 0.25) is 0 Å². The van der Waals surface area contributed by atoms with Crippen LogP contribution in [0.3, 0.4) is 0 Å². The van der Waals surface area contributed by atoms with Crippen molar-refractivity contribution in [1.29, 1.82) is 0 Å². The molecule has 0 aliphatic rings. The fourth-order valence-corrected chi connectivity index (χ4v) is 0.789. The van der Waals surface area contributed by atoms with Crippen LogP contribution < -0.4 is 0 Å². The second kappa shape index (κ2) is 3.23. The van der Waals surface area contributed by atoms with Gasteiger partial charge < -0.3 is 0 Å². The molecule has 1 heterocycles. The number of nitrogens with zero attached hydrogens (tertiary/aromatic N) is 2. The van der Waals surface area contributed by atoms with Crippen molar-refractivity contribution in [3.63, 3.8) is 0 Å². The molecule has 0 bridgehead atoms. The summed E-state index contributed by atoms with van der Waals surface area (Å²) in [6.07, 6.45) is 2.73. The van der Waals surface area contributed by atoms with Gasteiger partial charge in [0, 0.05) is 24.5 Å². The minimum atomic E-state index is -0.324. The molecule has 0 radical (unpaired) electrons. The Hall–Kier alpha value is -1.25. The van der Waals surface area contributed by atoms with Crippen LogP contribution in [0.1, 0.15) is 12.5 Å². The van der Waals surface area contributed by atoms with Crippen LogP contribution in [0.4, 0.5) is 4.39 Å². The first-order chi connectivity index (χ1) is 5.25. The van der Waals surface area contributed by atoms with Crippen molar-refractivity contribution >= 4 is 5.71 Å². The van der Waals surface area contributed by atoms with Gasteiger partial charge in [0.25, 0.3) is 0 Å². The Labute approximate surface area is 64.8 Å². The van der Waals surface area contributed by atoms with E-state index in [0.29, 0.717) is 11.3 Å². The summed E-state index contributed by atoms with van der Waals surface area (Å²) < 4.78 is 12.9. The molecule has 0 N–H and O–H groups in total. The predicted octanol–water partition coefficient (Wildman–Crippen LogP) is 1.66. The highest BCUT2D eigenvalue weighted by Gasteiger charge is 2.02. The lowest BCUT2D eigenvalue weighted by Gasteiger charge is -1.98. The molecule has 1 aromatic rings. The second-order valence-corrected chi connectivity index (χ2v) is 2.16. The quantitative estimate of drug-likeness (QED) is 0.562. The zero-order chi connectivity index (χ0) is 8.27. The number of aromatic nitrogens is 1. The molecule has 58 valence electrons. The van der Waals surface area contributed by atoms with Crippen LogP contribution in [-0.4, -0.2) is 17.7 Å². The van der Waals surface area contributed by atoms with Crippen LogP contribution >= 0.6 is 0 Å². The number of hydrogen-bond donors (Lipinski definition) is 0. The van der Waals surface area contributed by atoms with Gasteiger partial charge in [0.05, 0.1) is 6.20 Å². The van der Waals surface area contributed by atoms with Crippen molar-refractivity contribution in [2.24, 2.45) is 4.99 Å². The zero-order valence-corrected chi connectivity index (χ0v) is 6.50. The van der Waals surface area contributed by atoms with E-state index in [-0.39, 0.29) is 5.82 Å². The average Bonchev–Trinajstić information content (AvgIpc) is 2.04. The van der Waals surface area contributed by atoms with Crippen LogP contribution in [0, 0.1) is 5.82 Å². The monoisotopic (exact) mass is 152 g/mol. The lowest BCUT2D eigenvalue weighted by atomic mass is 10.2. The van der Waals surface area contributed by atoms with Crippen LogP contribution in [0.2, 0.25) is 0 Å². The molecular weight excluding hydrogens is 143 g/mol. The zero-order valence-electron chi connectivity index (χ0n) is 6.50. The third-order valence-corrected chi connectivity index (χ3v) is 1.50. The summed E-state index contributed by atoms with van der Waals surface area (Å²) in [6.45, 7) is 1.76. The SMILES string of the molecule is CN=C(C)c1ccncc1F. The molecule has 0 aromatic carbocycles. The normalized spacial score (nSPS) is 11.7. The second-order valence-electron chi connectivity index (χ2n) is 2.16. The summed E-state index contributed by atoms with van der Waals surface area (Å²) in [5.41, 5.74) is 1.20. The molecule has 0 amide bonds. The summed E-state index contributed by atoms with van der Waals surface area (Å²) >= 11 is 0. The molecule has 0 spiro atoms. The highest BCUT2D eigenvalue weighted by Crippen LogP contribution is 2.05. The summed E-state index contributed by atoms with van der Waals surface area (Å²) in [7, 11) is 1.63. The Morgan fingerprint density at radius 1 is 1.64 bits per heavy atom. The molecule has 1 aromatic heterocycles. The van der Waals surface area contributed by atoms with E-state index in [4.69, 9.17) is 0 Å². The number of halogens is 1. The first-order valence-corrected chi connectivity index (χ1v) is 3.29. The fraction of sp³-hybridized carbons (Fsp3) is 0.250. The lowest BCUT2D eigenvalue weighted by Crippen LogP contribution is -1.98. The maximum atomic E-state index is 12.9. The number of aliphatic imine (C=N–C) groups is 1. The van der Waals surface area contributed by atoms with E-state index in [1.54, 1.807) is 26.2 Å². The van der Waals surface area contributed by atoms with Gasteiger partial charge in [0.1, 0.15) is 5.82 Å². The molecule has 0 saturated heterocycles. The number of hydrogen-bond acceptors (Lipinski definition) is 2. The maximum absolute atomic E-state index is 12.9. The van der Waals surface area contributed by atoms with E-state index >= 15 is 0 Å². The van der Waals surface area contributed by atoms with E-state index in [2.05, 4.69) is 9.98 Å². The molecule has 0 aliphatic carbocycles. The molecule has 0 aliphatic heterocycles. The predicted molar refractivity (Wildman–Crippen MR) is 42.3 cm³/mol. The van der Waals surface area contributed by atoms with Crippen LogP contribution in [0.15, 0.2) is 23.5 Å². The van der Waals surface area contributed by atoms with E-state index < -0.39 is 0 Å². The van der Waals surface area contributed by atoms with Crippen LogP contribution in [-0.2, 0) is 0 Å². The molecule has 0 atom stereocenters. The minimum Gasteiger partial charge on any atom is -0.293 e. The third-order valence-electron chi connectivity index (χ3n) is 1.50. The van der Waals surface area contributed by atoms with E-state index in [1.165, 1.54) is 6.20 Å². The fourth-order valence-electron chi connectivity index (χ4n) is 0.789. The molecule has 3 heteroatoms. The molecule has 11 heavy (non-hydrogen) atoms. The van der Waals surface area contributed by atoms with Gasteiger partial charge in [-0.2, -0.15) is 0 Å². The van der Waals surface area contributed by atoms with Crippen molar-refractivity contribution in [2.75, 3.05) is 7.05 Å². The van der Waals surface area contributed by atoms with Gasteiger partial charge in [0.15, 0.2) is 0 Å². The van der Waals surface area contributed by atoms with Crippen LogP contribution in [0.25, 0.3) is 0 Å².